The van der Waals surface area contributed by atoms with Gasteiger partial charge in [0.25, 0.3) is 0 Å². The second-order valence-electron chi connectivity index (χ2n) is 5.10. The van der Waals surface area contributed by atoms with Gasteiger partial charge in [-0.25, -0.2) is 0 Å². The lowest BCUT2D eigenvalue weighted by atomic mass is 9.99. The van der Waals surface area contributed by atoms with E-state index in [1.807, 2.05) is 12.1 Å². The minimum atomic E-state index is 0.241. The number of rotatable bonds is 7. The Morgan fingerprint density at radius 1 is 1.39 bits per heavy atom. The SMILES string of the molecule is CCC(C)C(N)CN(C)Cc1cccc(OC)c1. The Hall–Kier alpha value is -1.06. The molecule has 0 bridgehead atoms. The molecule has 0 amide bonds. The molecule has 1 aromatic carbocycles. The van der Waals surface area contributed by atoms with E-state index in [2.05, 4.69) is 37.9 Å². The van der Waals surface area contributed by atoms with Crippen LogP contribution >= 0.6 is 0 Å². The molecular formula is C15H26N2O. The highest BCUT2D eigenvalue weighted by Gasteiger charge is 2.13. The van der Waals surface area contributed by atoms with E-state index in [1.165, 1.54) is 5.56 Å². The maximum atomic E-state index is 6.17. The van der Waals surface area contributed by atoms with Crippen LogP contribution in [0.25, 0.3) is 0 Å². The maximum absolute atomic E-state index is 6.17. The van der Waals surface area contributed by atoms with Crippen LogP contribution in [0.1, 0.15) is 25.8 Å². The quantitative estimate of drug-likeness (QED) is 0.808. The van der Waals surface area contributed by atoms with Gasteiger partial charge in [-0.1, -0.05) is 32.4 Å². The van der Waals surface area contributed by atoms with Crippen LogP contribution in [0.5, 0.6) is 5.75 Å². The molecule has 0 fully saturated rings. The van der Waals surface area contributed by atoms with Gasteiger partial charge in [0.1, 0.15) is 5.75 Å². The highest BCUT2D eigenvalue weighted by atomic mass is 16.5. The van der Waals surface area contributed by atoms with Crippen molar-refractivity contribution in [1.82, 2.24) is 4.90 Å². The van der Waals surface area contributed by atoms with Crippen molar-refractivity contribution in [3.05, 3.63) is 29.8 Å². The van der Waals surface area contributed by atoms with Crippen molar-refractivity contribution in [1.29, 1.82) is 0 Å². The van der Waals surface area contributed by atoms with Crippen molar-refractivity contribution in [3.63, 3.8) is 0 Å². The third-order valence-electron chi connectivity index (χ3n) is 3.48. The van der Waals surface area contributed by atoms with Crippen molar-refractivity contribution in [2.75, 3.05) is 20.7 Å². The number of ether oxygens (including phenoxy) is 1. The highest BCUT2D eigenvalue weighted by molar-refractivity contribution is 5.28. The van der Waals surface area contributed by atoms with Crippen LogP contribution in [0.15, 0.2) is 24.3 Å². The molecule has 0 radical (unpaired) electrons. The molecule has 0 aliphatic carbocycles. The van der Waals surface area contributed by atoms with E-state index in [9.17, 15) is 0 Å². The summed E-state index contributed by atoms with van der Waals surface area (Å²) < 4.78 is 5.23. The van der Waals surface area contributed by atoms with Crippen molar-refractivity contribution < 1.29 is 4.74 Å². The van der Waals surface area contributed by atoms with Crippen LogP contribution in [0.3, 0.4) is 0 Å². The smallest absolute Gasteiger partial charge is 0.119 e. The Bertz CT molecular complexity index is 354. The molecule has 2 unspecified atom stereocenters. The Balaban J connectivity index is 2.50. The van der Waals surface area contributed by atoms with Gasteiger partial charge in [-0.15, -0.1) is 0 Å². The lowest BCUT2D eigenvalue weighted by Crippen LogP contribution is -2.39. The summed E-state index contributed by atoms with van der Waals surface area (Å²) in [5.74, 6) is 1.48. The van der Waals surface area contributed by atoms with Crippen molar-refractivity contribution in [3.8, 4) is 5.75 Å². The predicted molar refractivity (Wildman–Crippen MR) is 76.8 cm³/mol. The molecule has 2 atom stereocenters. The standard InChI is InChI=1S/C15H26N2O/c1-5-12(2)15(16)11-17(3)10-13-7-6-8-14(9-13)18-4/h6-9,12,15H,5,10-11,16H2,1-4H3. The molecule has 1 rings (SSSR count). The molecule has 102 valence electrons. The number of likely N-dealkylation sites (N-methyl/N-ethyl adjacent to an activating group) is 1. The summed E-state index contributed by atoms with van der Waals surface area (Å²) >= 11 is 0. The number of nitrogens with two attached hydrogens (primary N) is 1. The van der Waals surface area contributed by atoms with Crippen molar-refractivity contribution in [2.24, 2.45) is 11.7 Å². The summed E-state index contributed by atoms with van der Waals surface area (Å²) in [5, 5.41) is 0. The first kappa shape index (κ1) is 15.0. The zero-order valence-corrected chi connectivity index (χ0v) is 12.0. The Kier molecular flexibility index (Phi) is 6.16. The first-order valence-corrected chi connectivity index (χ1v) is 6.63. The summed E-state index contributed by atoms with van der Waals surface area (Å²) in [4.78, 5) is 2.27. The molecule has 0 aliphatic heterocycles. The molecule has 0 heterocycles. The van der Waals surface area contributed by atoms with Crippen LogP contribution in [0.4, 0.5) is 0 Å². The predicted octanol–water partition coefficient (Wildman–Crippen LogP) is 2.50. The van der Waals surface area contributed by atoms with Gasteiger partial charge < -0.3 is 15.4 Å². The Morgan fingerprint density at radius 3 is 2.72 bits per heavy atom. The average molecular weight is 250 g/mol. The van der Waals surface area contributed by atoms with Gasteiger partial charge in [0.15, 0.2) is 0 Å². The topological polar surface area (TPSA) is 38.5 Å². The molecule has 0 aliphatic rings. The molecule has 0 aromatic heterocycles. The number of nitrogens with zero attached hydrogens (tertiary/aromatic N) is 1. The summed E-state index contributed by atoms with van der Waals surface area (Å²) in [6.45, 7) is 6.23. The summed E-state index contributed by atoms with van der Waals surface area (Å²) in [6.07, 6.45) is 1.13. The fraction of sp³-hybridized carbons (Fsp3) is 0.600. The summed E-state index contributed by atoms with van der Waals surface area (Å²) in [7, 11) is 3.81. The maximum Gasteiger partial charge on any atom is 0.119 e. The van der Waals surface area contributed by atoms with Crippen molar-refractivity contribution in [2.45, 2.75) is 32.9 Å². The normalized spacial score (nSPS) is 14.6. The van der Waals surface area contributed by atoms with E-state index in [0.29, 0.717) is 5.92 Å². The van der Waals surface area contributed by atoms with Crippen LogP contribution in [0.2, 0.25) is 0 Å². The number of hydrogen-bond acceptors (Lipinski definition) is 3. The second kappa shape index (κ2) is 7.39. The lowest BCUT2D eigenvalue weighted by molar-refractivity contribution is 0.267. The largest absolute Gasteiger partial charge is 0.497 e. The van der Waals surface area contributed by atoms with Gasteiger partial charge in [0.2, 0.25) is 0 Å². The average Bonchev–Trinajstić information content (AvgIpc) is 2.37. The molecule has 0 saturated carbocycles. The Morgan fingerprint density at radius 2 is 2.11 bits per heavy atom. The van der Waals surface area contributed by atoms with E-state index in [0.717, 1.165) is 25.3 Å². The lowest BCUT2D eigenvalue weighted by Gasteiger charge is -2.25. The van der Waals surface area contributed by atoms with Gasteiger partial charge in [0, 0.05) is 19.1 Å². The molecule has 3 heteroatoms. The van der Waals surface area contributed by atoms with E-state index < -0.39 is 0 Å². The first-order chi connectivity index (χ1) is 8.56. The molecule has 3 nitrogen and oxygen atoms in total. The summed E-state index contributed by atoms with van der Waals surface area (Å²) in [6, 6.07) is 8.43. The van der Waals surface area contributed by atoms with Gasteiger partial charge >= 0.3 is 0 Å². The molecule has 2 N–H and O–H groups in total. The van der Waals surface area contributed by atoms with Gasteiger partial charge in [0.05, 0.1) is 7.11 Å². The zero-order valence-electron chi connectivity index (χ0n) is 12.0. The van der Waals surface area contributed by atoms with E-state index >= 15 is 0 Å². The Labute approximate surface area is 111 Å². The molecule has 18 heavy (non-hydrogen) atoms. The van der Waals surface area contributed by atoms with E-state index in [1.54, 1.807) is 7.11 Å². The van der Waals surface area contributed by atoms with Gasteiger partial charge in [-0.3, -0.25) is 0 Å². The molecular weight excluding hydrogens is 224 g/mol. The molecule has 0 spiro atoms. The fourth-order valence-electron chi connectivity index (χ4n) is 1.99. The fourth-order valence-corrected chi connectivity index (χ4v) is 1.99. The van der Waals surface area contributed by atoms with Gasteiger partial charge in [-0.05, 0) is 30.7 Å². The zero-order chi connectivity index (χ0) is 13.5. The highest BCUT2D eigenvalue weighted by Crippen LogP contribution is 2.14. The van der Waals surface area contributed by atoms with Crippen molar-refractivity contribution >= 4 is 0 Å². The van der Waals surface area contributed by atoms with Crippen LogP contribution in [-0.4, -0.2) is 31.6 Å². The van der Waals surface area contributed by atoms with Gasteiger partial charge in [-0.2, -0.15) is 0 Å². The number of benzene rings is 1. The number of methoxy groups -OCH3 is 1. The van der Waals surface area contributed by atoms with E-state index in [-0.39, 0.29) is 6.04 Å². The second-order valence-corrected chi connectivity index (χ2v) is 5.10. The first-order valence-electron chi connectivity index (χ1n) is 6.63. The monoisotopic (exact) mass is 250 g/mol. The van der Waals surface area contributed by atoms with E-state index in [4.69, 9.17) is 10.5 Å². The van der Waals surface area contributed by atoms with Crippen LogP contribution in [-0.2, 0) is 6.54 Å². The minimum absolute atomic E-state index is 0.241. The number of hydrogen-bond donors (Lipinski definition) is 1. The third kappa shape index (κ3) is 4.67. The summed E-state index contributed by atoms with van der Waals surface area (Å²) in [5.41, 5.74) is 7.43. The third-order valence-corrected chi connectivity index (χ3v) is 3.48. The molecule has 1 aromatic rings. The van der Waals surface area contributed by atoms with Crippen LogP contribution < -0.4 is 10.5 Å². The van der Waals surface area contributed by atoms with Crippen LogP contribution in [0, 0.1) is 5.92 Å². The molecule has 0 saturated heterocycles. The minimum Gasteiger partial charge on any atom is -0.497 e.